The van der Waals surface area contributed by atoms with E-state index in [4.69, 9.17) is 4.74 Å². The quantitative estimate of drug-likeness (QED) is 0.277. The third-order valence-corrected chi connectivity index (χ3v) is 6.25. The minimum atomic E-state index is -0.798. The van der Waals surface area contributed by atoms with Crippen LogP contribution in [0, 0.1) is 6.92 Å². The number of thiazole rings is 1. The van der Waals surface area contributed by atoms with E-state index in [1.165, 1.54) is 23.1 Å². The molecule has 2 amide bonds. The molecule has 0 aliphatic heterocycles. The second-order valence-electron chi connectivity index (χ2n) is 6.81. The number of thioether (sulfide) groups is 1. The summed E-state index contributed by atoms with van der Waals surface area (Å²) in [5.41, 5.74) is 1.25. The highest BCUT2D eigenvalue weighted by Gasteiger charge is 2.23. The molecule has 1 atom stereocenters. The van der Waals surface area contributed by atoms with Crippen molar-refractivity contribution < 1.29 is 19.4 Å². The van der Waals surface area contributed by atoms with Gasteiger partial charge in [0.05, 0.1) is 25.2 Å². The average Bonchev–Trinajstić information content (AvgIpc) is 3.41. The fraction of sp³-hybridized carbons (Fsp3) is 0.286. The second kappa shape index (κ2) is 11.6. The molecule has 33 heavy (non-hydrogen) atoms. The van der Waals surface area contributed by atoms with Crippen molar-refractivity contribution in [2.24, 2.45) is 0 Å². The van der Waals surface area contributed by atoms with Crippen molar-refractivity contribution in [3.63, 3.8) is 0 Å². The fourth-order valence-electron chi connectivity index (χ4n) is 2.84. The number of benzene rings is 1. The van der Waals surface area contributed by atoms with Crippen LogP contribution >= 0.6 is 23.1 Å². The van der Waals surface area contributed by atoms with Crippen LogP contribution in [0.2, 0.25) is 0 Å². The molecule has 0 aliphatic carbocycles. The molecule has 0 saturated heterocycles. The second-order valence-corrected chi connectivity index (χ2v) is 8.61. The Kier molecular flexibility index (Phi) is 8.58. The molecular formula is C21H24N6O4S2. The van der Waals surface area contributed by atoms with Crippen LogP contribution in [-0.2, 0) is 11.3 Å². The maximum atomic E-state index is 12.6. The summed E-state index contributed by atoms with van der Waals surface area (Å²) in [7, 11) is 1.54. The predicted molar refractivity (Wildman–Crippen MR) is 127 cm³/mol. The number of carbonyl (C=O) groups excluding carboxylic acids is 2. The lowest BCUT2D eigenvalue weighted by Crippen LogP contribution is -2.33. The largest absolute Gasteiger partial charge is 0.497 e. The smallest absolute Gasteiger partial charge is 0.251 e. The minimum Gasteiger partial charge on any atom is -0.497 e. The van der Waals surface area contributed by atoms with E-state index in [0.717, 1.165) is 5.69 Å². The predicted octanol–water partition coefficient (Wildman–Crippen LogP) is 2.43. The molecule has 0 spiro atoms. The van der Waals surface area contributed by atoms with Crippen LogP contribution in [0.1, 0.15) is 27.9 Å². The minimum absolute atomic E-state index is 0.0932. The number of rotatable bonds is 11. The highest BCUT2D eigenvalue weighted by atomic mass is 32.2. The maximum absolute atomic E-state index is 12.6. The molecule has 0 aliphatic rings. The van der Waals surface area contributed by atoms with Gasteiger partial charge in [0.15, 0.2) is 16.1 Å². The molecule has 174 valence electrons. The van der Waals surface area contributed by atoms with Crippen LogP contribution < -0.4 is 15.4 Å². The van der Waals surface area contributed by atoms with Gasteiger partial charge in [-0.25, -0.2) is 4.98 Å². The van der Waals surface area contributed by atoms with Gasteiger partial charge < -0.3 is 25.0 Å². The molecule has 0 fully saturated rings. The van der Waals surface area contributed by atoms with Crippen LogP contribution in [0.25, 0.3) is 0 Å². The summed E-state index contributed by atoms with van der Waals surface area (Å²) in [5, 5.41) is 26.6. The number of hydrogen-bond donors (Lipinski definition) is 3. The summed E-state index contributed by atoms with van der Waals surface area (Å²) in [6, 6.07) is 5.81. The lowest BCUT2D eigenvalue weighted by Gasteiger charge is -2.17. The molecule has 0 radical (unpaired) electrons. The van der Waals surface area contributed by atoms with Crippen molar-refractivity contribution in [2.75, 3.05) is 24.8 Å². The van der Waals surface area contributed by atoms with E-state index in [1.807, 2.05) is 12.3 Å². The Balaban J connectivity index is 1.69. The van der Waals surface area contributed by atoms with Gasteiger partial charge in [-0.3, -0.25) is 9.59 Å². The molecule has 3 rings (SSSR count). The van der Waals surface area contributed by atoms with Crippen molar-refractivity contribution in [3.8, 4) is 5.75 Å². The molecule has 2 heterocycles. The van der Waals surface area contributed by atoms with Gasteiger partial charge in [0, 0.05) is 17.5 Å². The van der Waals surface area contributed by atoms with Crippen LogP contribution in [0.5, 0.6) is 5.75 Å². The van der Waals surface area contributed by atoms with Gasteiger partial charge in [-0.05, 0) is 31.2 Å². The van der Waals surface area contributed by atoms with Crippen molar-refractivity contribution in [1.29, 1.82) is 0 Å². The third kappa shape index (κ3) is 6.40. The van der Waals surface area contributed by atoms with Crippen LogP contribution in [0.3, 0.4) is 0 Å². The SMILES string of the molecule is C=CCn1c(SCC(=O)Nc2nc(C)cs2)nnc1[C@@H](CO)NC(=O)c1ccc(OC)cc1. The van der Waals surface area contributed by atoms with Crippen LogP contribution in [0.15, 0.2) is 47.5 Å². The number of allylic oxidation sites excluding steroid dienone is 1. The first kappa shape index (κ1) is 24.4. The Morgan fingerprint density at radius 1 is 1.33 bits per heavy atom. The van der Waals surface area contributed by atoms with Crippen molar-refractivity contribution in [3.05, 3.63) is 59.4 Å². The van der Waals surface area contributed by atoms with E-state index in [-0.39, 0.29) is 24.2 Å². The van der Waals surface area contributed by atoms with Crippen molar-refractivity contribution in [2.45, 2.75) is 24.7 Å². The normalized spacial score (nSPS) is 11.6. The van der Waals surface area contributed by atoms with E-state index < -0.39 is 6.04 Å². The molecule has 10 nitrogen and oxygen atoms in total. The summed E-state index contributed by atoms with van der Waals surface area (Å²) in [4.78, 5) is 29.1. The number of methoxy groups -OCH3 is 1. The van der Waals surface area contributed by atoms with Gasteiger partial charge in [0.2, 0.25) is 5.91 Å². The number of hydrogen-bond acceptors (Lipinski definition) is 9. The third-order valence-electron chi connectivity index (χ3n) is 4.41. The summed E-state index contributed by atoms with van der Waals surface area (Å²) in [6.07, 6.45) is 1.65. The monoisotopic (exact) mass is 488 g/mol. The number of aliphatic hydroxyl groups excluding tert-OH is 1. The van der Waals surface area contributed by atoms with Crippen molar-refractivity contribution in [1.82, 2.24) is 25.1 Å². The van der Waals surface area contributed by atoms with Gasteiger partial charge in [-0.2, -0.15) is 0 Å². The lowest BCUT2D eigenvalue weighted by molar-refractivity contribution is -0.113. The molecule has 2 aromatic heterocycles. The van der Waals surface area contributed by atoms with E-state index in [9.17, 15) is 14.7 Å². The Bertz CT molecular complexity index is 1110. The van der Waals surface area contributed by atoms with Gasteiger partial charge in [-0.15, -0.1) is 28.1 Å². The fourth-order valence-corrected chi connectivity index (χ4v) is 4.30. The average molecular weight is 489 g/mol. The van der Waals surface area contributed by atoms with Crippen molar-refractivity contribution >= 4 is 40.0 Å². The van der Waals surface area contributed by atoms with Gasteiger partial charge in [0.25, 0.3) is 5.91 Å². The van der Waals surface area contributed by atoms with Gasteiger partial charge in [-0.1, -0.05) is 17.8 Å². The van der Waals surface area contributed by atoms with Gasteiger partial charge >= 0.3 is 0 Å². The zero-order valence-electron chi connectivity index (χ0n) is 18.1. The number of anilines is 1. The summed E-state index contributed by atoms with van der Waals surface area (Å²) < 4.78 is 6.81. The Morgan fingerprint density at radius 3 is 2.70 bits per heavy atom. The zero-order chi connectivity index (χ0) is 23.8. The van der Waals surface area contributed by atoms with E-state index in [0.29, 0.717) is 34.0 Å². The van der Waals surface area contributed by atoms with E-state index in [1.54, 1.807) is 42.0 Å². The summed E-state index contributed by atoms with van der Waals surface area (Å²) >= 11 is 2.54. The highest BCUT2D eigenvalue weighted by Crippen LogP contribution is 2.22. The Morgan fingerprint density at radius 2 is 2.09 bits per heavy atom. The highest BCUT2D eigenvalue weighted by molar-refractivity contribution is 7.99. The van der Waals surface area contributed by atoms with E-state index in [2.05, 4.69) is 32.4 Å². The standard InChI is InChI=1S/C21H24N6O4S2/c1-4-9-27-18(16(10-28)23-19(30)14-5-7-15(31-3)8-6-14)25-26-21(27)33-12-17(29)24-20-22-13(2)11-32-20/h4-8,11,16,28H,1,9-10,12H2,2-3H3,(H,23,30)(H,22,24,29)/t16-/m1/s1. The topological polar surface area (TPSA) is 131 Å². The number of ether oxygens (including phenoxy) is 1. The Labute approximate surface area is 199 Å². The number of nitrogens with one attached hydrogen (secondary N) is 2. The molecule has 0 bridgehead atoms. The number of nitrogens with zero attached hydrogens (tertiary/aromatic N) is 4. The molecule has 12 heteroatoms. The Hall–Kier alpha value is -3.22. The zero-order valence-corrected chi connectivity index (χ0v) is 19.8. The first-order valence-electron chi connectivity index (χ1n) is 9.89. The summed E-state index contributed by atoms with van der Waals surface area (Å²) in [6.45, 7) is 5.56. The number of carbonyl (C=O) groups is 2. The number of amides is 2. The number of aryl methyl sites for hydroxylation is 1. The van der Waals surface area contributed by atoms with Gasteiger partial charge in [0.1, 0.15) is 11.8 Å². The molecule has 0 saturated carbocycles. The maximum Gasteiger partial charge on any atom is 0.251 e. The number of aliphatic hydroxyl groups is 1. The summed E-state index contributed by atoms with van der Waals surface area (Å²) in [5.74, 6) is 0.479. The lowest BCUT2D eigenvalue weighted by atomic mass is 10.2. The van der Waals surface area contributed by atoms with Crippen LogP contribution in [0.4, 0.5) is 5.13 Å². The molecular weight excluding hydrogens is 464 g/mol. The molecule has 3 N–H and O–H groups in total. The first-order valence-corrected chi connectivity index (χ1v) is 11.8. The van der Waals surface area contributed by atoms with Crippen LogP contribution in [-0.4, -0.2) is 56.1 Å². The number of aromatic nitrogens is 4. The molecule has 3 aromatic rings. The molecule has 0 unspecified atom stereocenters. The first-order chi connectivity index (χ1) is 15.9. The van der Waals surface area contributed by atoms with E-state index >= 15 is 0 Å². The molecule has 1 aromatic carbocycles.